The molecule has 3 rings (SSSR count). The molecule has 0 radical (unpaired) electrons. The van der Waals surface area contributed by atoms with Crippen molar-refractivity contribution in [2.45, 2.75) is 33.3 Å². The Kier molecular flexibility index (Phi) is 5.99. The van der Waals surface area contributed by atoms with Crippen molar-refractivity contribution < 1.29 is 19.4 Å². The predicted molar refractivity (Wildman–Crippen MR) is 109 cm³/mol. The highest BCUT2D eigenvalue weighted by molar-refractivity contribution is 5.73. The number of hydrogen-bond acceptors (Lipinski definition) is 3. The molecule has 3 aromatic carbocycles. The normalized spacial score (nSPS) is 11.7. The lowest BCUT2D eigenvalue weighted by molar-refractivity contribution is -0.145. The van der Waals surface area contributed by atoms with Gasteiger partial charge in [-0.1, -0.05) is 42.5 Å². The average Bonchev–Trinajstić information content (AvgIpc) is 2.67. The molecule has 0 saturated carbocycles. The van der Waals surface area contributed by atoms with Gasteiger partial charge in [0.2, 0.25) is 0 Å². The van der Waals surface area contributed by atoms with E-state index < -0.39 is 12.1 Å². The quantitative estimate of drug-likeness (QED) is 0.593. The van der Waals surface area contributed by atoms with E-state index in [0.717, 1.165) is 22.3 Å². The summed E-state index contributed by atoms with van der Waals surface area (Å²) in [6.07, 6.45) is -0.814. The van der Waals surface area contributed by atoms with Gasteiger partial charge in [0.05, 0.1) is 0 Å². The molecule has 28 heavy (non-hydrogen) atoms. The summed E-state index contributed by atoms with van der Waals surface area (Å²) in [5.41, 5.74) is 3.84. The van der Waals surface area contributed by atoms with E-state index in [4.69, 9.17) is 9.47 Å². The van der Waals surface area contributed by atoms with Gasteiger partial charge in [0.1, 0.15) is 17.2 Å². The maximum Gasteiger partial charge on any atom is 0.345 e. The summed E-state index contributed by atoms with van der Waals surface area (Å²) in [4.78, 5) is 11.9. The maximum absolute atomic E-state index is 11.9. The van der Waals surface area contributed by atoms with Gasteiger partial charge in [-0.05, 0) is 67.3 Å². The lowest BCUT2D eigenvalue weighted by Gasteiger charge is -2.19. The molecule has 1 atom stereocenters. The number of carboxylic acids is 1. The van der Waals surface area contributed by atoms with Crippen LogP contribution in [-0.4, -0.2) is 17.2 Å². The highest BCUT2D eigenvalue weighted by Gasteiger charge is 2.23. The second kappa shape index (κ2) is 8.61. The van der Waals surface area contributed by atoms with Crippen molar-refractivity contribution in [1.29, 1.82) is 0 Å². The van der Waals surface area contributed by atoms with Crippen LogP contribution in [0.2, 0.25) is 0 Å². The van der Waals surface area contributed by atoms with Gasteiger partial charge in [-0.25, -0.2) is 4.79 Å². The highest BCUT2D eigenvalue weighted by Crippen LogP contribution is 2.29. The van der Waals surface area contributed by atoms with Gasteiger partial charge in [-0.3, -0.25) is 0 Å². The van der Waals surface area contributed by atoms with E-state index in [0.29, 0.717) is 17.2 Å². The number of carboxylic acid groups (broad SMARTS) is 1. The van der Waals surface area contributed by atoms with Crippen LogP contribution in [0.4, 0.5) is 0 Å². The molecule has 4 heteroatoms. The molecule has 3 aromatic rings. The molecular formula is C24H24O4. The number of para-hydroxylation sites is 2. The molecule has 0 aliphatic rings. The maximum atomic E-state index is 11.9. The van der Waals surface area contributed by atoms with Gasteiger partial charge in [0.25, 0.3) is 0 Å². The van der Waals surface area contributed by atoms with Crippen molar-refractivity contribution in [2.75, 3.05) is 0 Å². The largest absolute Gasteiger partial charge is 0.478 e. The van der Waals surface area contributed by atoms with Crippen LogP contribution in [0.3, 0.4) is 0 Å². The van der Waals surface area contributed by atoms with E-state index in [1.54, 1.807) is 0 Å². The van der Waals surface area contributed by atoms with Crippen molar-refractivity contribution in [3.05, 3.63) is 89.0 Å². The molecule has 0 aliphatic heterocycles. The van der Waals surface area contributed by atoms with Gasteiger partial charge in [0.15, 0.2) is 6.10 Å². The molecule has 0 spiro atoms. The number of carbonyl (C=O) groups is 1. The SMILES string of the molecule is Cc1cc(C)c(C)c(OC(Cc2ccccc2Oc2ccccc2)C(=O)O)c1. The molecule has 0 bridgehead atoms. The fourth-order valence-electron chi connectivity index (χ4n) is 3.04. The van der Waals surface area contributed by atoms with Crippen LogP contribution in [0.15, 0.2) is 66.7 Å². The minimum atomic E-state index is -1.01. The summed E-state index contributed by atoms with van der Waals surface area (Å²) in [5, 5.41) is 9.74. The summed E-state index contributed by atoms with van der Waals surface area (Å²) >= 11 is 0. The number of ether oxygens (including phenoxy) is 2. The first kappa shape index (κ1) is 19.5. The minimum Gasteiger partial charge on any atom is -0.478 e. The molecule has 1 N–H and O–H groups in total. The van der Waals surface area contributed by atoms with E-state index in [-0.39, 0.29) is 6.42 Å². The average molecular weight is 376 g/mol. The number of hydrogen-bond donors (Lipinski definition) is 1. The number of aryl methyl sites for hydroxylation is 2. The topological polar surface area (TPSA) is 55.8 Å². The third kappa shape index (κ3) is 4.71. The van der Waals surface area contributed by atoms with E-state index >= 15 is 0 Å². The van der Waals surface area contributed by atoms with E-state index in [1.165, 1.54) is 0 Å². The molecule has 1 unspecified atom stereocenters. The third-order valence-electron chi connectivity index (χ3n) is 4.66. The lowest BCUT2D eigenvalue weighted by Crippen LogP contribution is -2.30. The van der Waals surface area contributed by atoms with Crippen LogP contribution in [0.25, 0.3) is 0 Å². The Hall–Kier alpha value is -3.27. The molecule has 0 amide bonds. The summed E-state index contributed by atoms with van der Waals surface area (Å²) in [7, 11) is 0. The standard InChI is InChI=1S/C24H24O4/c1-16-13-17(2)18(3)22(14-16)28-23(24(25)26)15-19-9-7-8-12-21(19)27-20-10-5-4-6-11-20/h4-14,23H,15H2,1-3H3,(H,25,26). The van der Waals surface area contributed by atoms with Gasteiger partial charge >= 0.3 is 5.97 Å². The minimum absolute atomic E-state index is 0.199. The first-order chi connectivity index (χ1) is 13.4. The fraction of sp³-hybridized carbons (Fsp3) is 0.208. The van der Waals surface area contributed by atoms with E-state index in [1.807, 2.05) is 81.4 Å². The van der Waals surface area contributed by atoms with Crippen molar-refractivity contribution >= 4 is 5.97 Å². The molecule has 4 nitrogen and oxygen atoms in total. The van der Waals surface area contributed by atoms with Crippen molar-refractivity contribution in [2.24, 2.45) is 0 Å². The van der Waals surface area contributed by atoms with Crippen LogP contribution in [0.5, 0.6) is 17.2 Å². The Morgan fingerprint density at radius 1 is 0.929 bits per heavy atom. The first-order valence-corrected chi connectivity index (χ1v) is 9.22. The van der Waals surface area contributed by atoms with E-state index in [9.17, 15) is 9.90 Å². The zero-order valence-corrected chi connectivity index (χ0v) is 16.3. The Morgan fingerprint density at radius 2 is 1.61 bits per heavy atom. The number of rotatable bonds is 7. The Balaban J connectivity index is 1.85. The zero-order valence-electron chi connectivity index (χ0n) is 16.3. The summed E-state index contributed by atoms with van der Waals surface area (Å²) in [5.74, 6) is 0.924. The fourth-order valence-corrected chi connectivity index (χ4v) is 3.04. The van der Waals surface area contributed by atoms with Gasteiger partial charge in [0, 0.05) is 6.42 Å². The lowest BCUT2D eigenvalue weighted by atomic mass is 10.0. The van der Waals surface area contributed by atoms with Crippen molar-refractivity contribution in [3.8, 4) is 17.2 Å². The second-order valence-corrected chi connectivity index (χ2v) is 6.88. The molecule has 0 aliphatic carbocycles. The van der Waals surface area contributed by atoms with Gasteiger partial charge in [-0.15, -0.1) is 0 Å². The molecular weight excluding hydrogens is 352 g/mol. The second-order valence-electron chi connectivity index (χ2n) is 6.88. The summed E-state index contributed by atoms with van der Waals surface area (Å²) < 4.78 is 11.9. The monoisotopic (exact) mass is 376 g/mol. The van der Waals surface area contributed by atoms with Crippen LogP contribution < -0.4 is 9.47 Å². The number of aliphatic carboxylic acids is 1. The Bertz CT molecular complexity index is 964. The first-order valence-electron chi connectivity index (χ1n) is 9.22. The van der Waals surface area contributed by atoms with Crippen LogP contribution in [-0.2, 0) is 11.2 Å². The Morgan fingerprint density at radius 3 is 2.32 bits per heavy atom. The molecule has 0 heterocycles. The molecule has 0 saturated heterocycles. The highest BCUT2D eigenvalue weighted by atomic mass is 16.5. The predicted octanol–water partition coefficient (Wildman–Crippen LogP) is 5.48. The summed E-state index contributed by atoms with van der Waals surface area (Å²) in [6, 6.07) is 20.8. The molecule has 0 fully saturated rings. The zero-order chi connectivity index (χ0) is 20.1. The van der Waals surface area contributed by atoms with Crippen LogP contribution in [0, 0.1) is 20.8 Å². The summed E-state index contributed by atoms with van der Waals surface area (Å²) in [6.45, 7) is 5.90. The van der Waals surface area contributed by atoms with Crippen molar-refractivity contribution in [3.63, 3.8) is 0 Å². The Labute approximate surface area is 165 Å². The van der Waals surface area contributed by atoms with Crippen LogP contribution >= 0.6 is 0 Å². The molecule has 144 valence electrons. The van der Waals surface area contributed by atoms with Gasteiger partial charge < -0.3 is 14.6 Å². The number of benzene rings is 3. The third-order valence-corrected chi connectivity index (χ3v) is 4.66. The van der Waals surface area contributed by atoms with Crippen LogP contribution in [0.1, 0.15) is 22.3 Å². The smallest absolute Gasteiger partial charge is 0.345 e. The molecule has 0 aromatic heterocycles. The van der Waals surface area contributed by atoms with E-state index in [2.05, 4.69) is 6.07 Å². The van der Waals surface area contributed by atoms with Crippen molar-refractivity contribution in [1.82, 2.24) is 0 Å². The van der Waals surface area contributed by atoms with Gasteiger partial charge in [-0.2, -0.15) is 0 Å².